The lowest BCUT2D eigenvalue weighted by Gasteiger charge is -2.17. The number of hydrogen-bond acceptors (Lipinski definition) is 8. The highest BCUT2D eigenvalue weighted by molar-refractivity contribution is 6.08. The summed E-state index contributed by atoms with van der Waals surface area (Å²) in [5, 5.41) is 31.7. The Kier molecular flexibility index (Phi) is 17.6. The lowest BCUT2D eigenvalue weighted by Crippen LogP contribution is -2.06. The number of carbonyl (C=O) groups is 3. The average molecular weight is 1330 g/mol. The maximum atomic E-state index is 15.2. The van der Waals surface area contributed by atoms with Gasteiger partial charge in [0.15, 0.2) is 11.6 Å². The molecular formula is C81H68F4N6O8. The third-order valence-electron chi connectivity index (χ3n) is 18.4. The van der Waals surface area contributed by atoms with Crippen LogP contribution in [0.25, 0.3) is 83.2 Å². The zero-order valence-corrected chi connectivity index (χ0v) is 55.7. The number of benzene rings is 9. The van der Waals surface area contributed by atoms with Crippen molar-refractivity contribution in [1.29, 1.82) is 0 Å². The number of aryl methyl sites for hydroxylation is 1. The van der Waals surface area contributed by atoms with Crippen molar-refractivity contribution < 1.29 is 56.7 Å². The molecule has 99 heavy (non-hydrogen) atoms. The van der Waals surface area contributed by atoms with Crippen molar-refractivity contribution in [3.63, 3.8) is 0 Å². The Morgan fingerprint density at radius 1 is 0.434 bits per heavy atom. The first kappa shape index (κ1) is 66.0. The Labute approximate surface area is 567 Å². The molecule has 0 saturated carbocycles. The zero-order chi connectivity index (χ0) is 70.0. The van der Waals surface area contributed by atoms with E-state index >= 15 is 4.39 Å². The third kappa shape index (κ3) is 11.9. The van der Waals surface area contributed by atoms with E-state index in [1.807, 2.05) is 68.2 Å². The van der Waals surface area contributed by atoms with Crippen molar-refractivity contribution >= 4 is 69.3 Å². The maximum absolute atomic E-state index is 15.2. The largest absolute Gasteiger partial charge is 0.496 e. The first-order valence-electron chi connectivity index (χ1n) is 32.3. The number of rotatable bonds is 14. The Hall–Kier alpha value is -11.7. The molecule has 0 fully saturated rings. The van der Waals surface area contributed by atoms with Crippen molar-refractivity contribution in [1.82, 2.24) is 13.7 Å². The van der Waals surface area contributed by atoms with Crippen LogP contribution in [0.3, 0.4) is 0 Å². The summed E-state index contributed by atoms with van der Waals surface area (Å²) in [6, 6.07) is 45.2. The molecule has 0 amide bonds. The highest BCUT2D eigenvalue weighted by Gasteiger charge is 2.31. The number of aromatic carboxylic acids is 3. The normalized spacial score (nSPS) is 12.6. The number of aliphatic imine (C=N–C) groups is 3. The van der Waals surface area contributed by atoms with Crippen LogP contribution in [0, 0.1) is 30.2 Å². The molecule has 12 aromatic rings. The van der Waals surface area contributed by atoms with E-state index in [0.29, 0.717) is 30.9 Å². The molecule has 14 nitrogen and oxygen atoms in total. The predicted molar refractivity (Wildman–Crippen MR) is 381 cm³/mol. The summed E-state index contributed by atoms with van der Waals surface area (Å²) < 4.78 is 73.4. The van der Waals surface area contributed by atoms with Gasteiger partial charge in [0.2, 0.25) is 0 Å². The highest BCUT2D eigenvalue weighted by atomic mass is 19.1. The lowest BCUT2D eigenvalue weighted by atomic mass is 9.91. The number of halogens is 4. The fourth-order valence-corrected chi connectivity index (χ4v) is 14.0. The molecule has 3 aromatic heterocycles. The molecule has 3 aliphatic heterocycles. The van der Waals surface area contributed by atoms with Crippen molar-refractivity contribution in [2.24, 2.45) is 15.0 Å². The topological polar surface area (TPSA) is 182 Å². The van der Waals surface area contributed by atoms with Crippen LogP contribution in [0.2, 0.25) is 0 Å². The molecule has 15 rings (SSSR count). The first-order valence-corrected chi connectivity index (χ1v) is 32.3. The second-order valence-corrected chi connectivity index (χ2v) is 25.7. The van der Waals surface area contributed by atoms with E-state index in [0.717, 1.165) is 134 Å². The Morgan fingerprint density at radius 2 is 0.838 bits per heavy atom. The smallest absolute Gasteiger partial charge is 0.339 e. The van der Waals surface area contributed by atoms with E-state index in [-0.39, 0.29) is 52.1 Å². The summed E-state index contributed by atoms with van der Waals surface area (Å²) in [7, 11) is 2.79. The van der Waals surface area contributed by atoms with Crippen LogP contribution < -0.4 is 9.47 Å². The minimum absolute atomic E-state index is 0.0112. The van der Waals surface area contributed by atoms with Gasteiger partial charge >= 0.3 is 17.9 Å². The summed E-state index contributed by atoms with van der Waals surface area (Å²) in [5.74, 6) is -4.78. The summed E-state index contributed by atoms with van der Waals surface area (Å²) in [6.07, 6.45) is 5.59. The minimum atomic E-state index is -1.37. The number of methoxy groups -OCH3 is 2. The van der Waals surface area contributed by atoms with Gasteiger partial charge in [-0.1, -0.05) is 53.7 Å². The molecule has 0 unspecified atom stereocenters. The third-order valence-corrected chi connectivity index (χ3v) is 18.4. The van der Waals surface area contributed by atoms with Crippen LogP contribution >= 0.6 is 0 Å². The van der Waals surface area contributed by atoms with Crippen LogP contribution in [0.1, 0.15) is 146 Å². The van der Waals surface area contributed by atoms with E-state index in [9.17, 15) is 42.9 Å². The number of aromatic nitrogens is 3. The van der Waals surface area contributed by atoms with Crippen LogP contribution in [0.5, 0.6) is 11.5 Å². The molecule has 0 radical (unpaired) electrons. The van der Waals surface area contributed by atoms with Crippen molar-refractivity contribution in [3.8, 4) is 61.9 Å². The lowest BCUT2D eigenvalue weighted by molar-refractivity contribution is 0.0681. The van der Waals surface area contributed by atoms with Gasteiger partial charge in [0.25, 0.3) is 0 Å². The molecular weight excluding hydrogens is 1260 g/mol. The van der Waals surface area contributed by atoms with Gasteiger partial charge < -0.3 is 38.5 Å². The van der Waals surface area contributed by atoms with Gasteiger partial charge in [-0.25, -0.2) is 31.9 Å². The summed E-state index contributed by atoms with van der Waals surface area (Å²) >= 11 is 0. The van der Waals surface area contributed by atoms with Gasteiger partial charge in [-0.2, -0.15) is 0 Å². The predicted octanol–water partition coefficient (Wildman–Crippen LogP) is 19.0. The van der Waals surface area contributed by atoms with Gasteiger partial charge in [-0.05, 0) is 220 Å². The number of carboxylic acids is 3. The van der Waals surface area contributed by atoms with Gasteiger partial charge in [-0.3, -0.25) is 15.0 Å². The van der Waals surface area contributed by atoms with Crippen molar-refractivity contribution in [3.05, 3.63) is 254 Å². The molecule has 6 heterocycles. The number of nitrogens with zero attached hydrogens (tertiary/aromatic N) is 6. The molecule has 0 aliphatic carbocycles. The van der Waals surface area contributed by atoms with Gasteiger partial charge in [-0.15, -0.1) is 0 Å². The maximum Gasteiger partial charge on any atom is 0.339 e. The number of ether oxygens (including phenoxy) is 2. The monoisotopic (exact) mass is 1330 g/mol. The zero-order valence-electron chi connectivity index (χ0n) is 55.7. The summed E-state index contributed by atoms with van der Waals surface area (Å²) in [5.41, 5.74) is 20.5. The molecule has 0 spiro atoms. The SMILES string of the molecule is COc1c(-c2c(C(C)C)n(-c3ccc(F)cc3)c3cc4c(cc23)CN=C4)ccc(C(=O)O)c1F.COc1ccc(-c2c(C(C)C)n(-c3ccc(F)cc3)c3cc4c(cc23)CN=C4)cc1C(=O)O.Cc1ccc(C(=O)O)cc1-c1c(C(C)C)n(-c2ccc(F)cc2)c2cc3c(cc12)CN=C3. The molecule has 0 atom stereocenters. The molecule has 3 aliphatic rings. The molecule has 0 saturated heterocycles. The molecule has 498 valence electrons. The van der Waals surface area contributed by atoms with Crippen molar-refractivity contribution in [2.75, 3.05) is 14.2 Å². The summed E-state index contributed by atoms with van der Waals surface area (Å²) in [6.45, 7) is 16.3. The fourth-order valence-electron chi connectivity index (χ4n) is 14.0. The van der Waals surface area contributed by atoms with Crippen LogP contribution in [-0.2, 0) is 19.6 Å². The van der Waals surface area contributed by atoms with E-state index in [1.54, 1.807) is 66.7 Å². The molecule has 18 heteroatoms. The number of carboxylic acid groups (broad SMARTS) is 3. The van der Waals surface area contributed by atoms with Crippen molar-refractivity contribution in [2.45, 2.75) is 85.9 Å². The first-order chi connectivity index (χ1) is 47.5. The van der Waals surface area contributed by atoms with Crippen LogP contribution in [0.15, 0.2) is 173 Å². The molecule has 9 aromatic carbocycles. The fraction of sp³-hybridized carbons (Fsp3) is 0.185. The van der Waals surface area contributed by atoms with Gasteiger partial charge in [0.05, 0.1) is 61.5 Å². The van der Waals surface area contributed by atoms with Gasteiger partial charge in [0, 0.05) is 91.2 Å². The second kappa shape index (κ2) is 26.4. The number of fused-ring (bicyclic) bond motifs is 6. The standard InChI is InChI=1S/C27H22F2N2O3.C27H23FN2O3.C27H23FN2O2/c1-14(2)25-23(19-8-9-20(27(32)33)24(29)26(19)34-3)21-10-15-12-30-13-16(15)11-22(21)31(25)18-6-4-17(28)5-7-18;1-15(2)26-25(16-4-9-24(33-3)22(10-16)27(31)32)21-11-17-13-29-14-18(17)12-23(21)30(26)20-7-5-19(28)6-8-20;1-15(2)26-25(22-10-17(27(31)32)5-4-16(22)3)23-11-18-13-29-14-19(18)12-24(23)30(26)21-8-6-20(28)7-9-21/h4-11,13-14H,12H2,1-3H3,(H,32,33);4-12,14-15H,13H2,1-3H3,(H,31,32);4-12,14-15H,13H2,1-3H3,(H,31,32). The quantitative estimate of drug-likeness (QED) is 0.0899. The van der Waals surface area contributed by atoms with E-state index in [1.165, 1.54) is 56.7 Å². The highest BCUT2D eigenvalue weighted by Crippen LogP contribution is 2.49. The van der Waals surface area contributed by atoms with E-state index in [2.05, 4.69) is 76.1 Å². The Morgan fingerprint density at radius 3 is 1.22 bits per heavy atom. The second-order valence-electron chi connectivity index (χ2n) is 25.7. The minimum Gasteiger partial charge on any atom is -0.496 e. The Balaban J connectivity index is 0.000000133. The van der Waals surface area contributed by atoms with E-state index < -0.39 is 29.3 Å². The molecule has 0 bridgehead atoms. The average Bonchev–Trinajstić information content (AvgIpc) is 1.59. The van der Waals surface area contributed by atoms with E-state index in [4.69, 9.17) is 9.47 Å². The van der Waals surface area contributed by atoms with Crippen LogP contribution in [-0.4, -0.2) is 79.8 Å². The number of hydrogen-bond donors (Lipinski definition) is 3. The summed E-state index contributed by atoms with van der Waals surface area (Å²) in [4.78, 5) is 48.4. The Bertz CT molecular complexity index is 5390. The molecule has 3 N–H and O–H groups in total. The van der Waals surface area contributed by atoms with Gasteiger partial charge in [0.1, 0.15) is 28.8 Å². The van der Waals surface area contributed by atoms with Crippen LogP contribution in [0.4, 0.5) is 17.6 Å².